The third kappa shape index (κ3) is 1.80. The first kappa shape index (κ1) is 12.0. The molecule has 0 spiro atoms. The molecule has 1 heterocycles. The Hall–Kier alpha value is -1.49. The van der Waals surface area contributed by atoms with Crippen molar-refractivity contribution in [2.24, 2.45) is 12.8 Å². The van der Waals surface area contributed by atoms with Crippen molar-refractivity contribution in [3.8, 4) is 0 Å². The molecule has 2 rings (SSSR count). The topological polar surface area (TPSA) is 30.9 Å². The minimum Gasteiger partial charge on any atom is -0.346 e. The van der Waals surface area contributed by atoms with E-state index in [4.69, 9.17) is 5.73 Å². The van der Waals surface area contributed by atoms with Gasteiger partial charge in [-0.15, -0.1) is 0 Å². The lowest BCUT2D eigenvalue weighted by Gasteiger charge is -2.06. The third-order valence-corrected chi connectivity index (χ3v) is 3.12. The number of aryl methyl sites for hydroxylation is 2. The van der Waals surface area contributed by atoms with Gasteiger partial charge in [-0.05, 0) is 30.7 Å². The number of alkyl halides is 3. The van der Waals surface area contributed by atoms with Gasteiger partial charge in [0.2, 0.25) is 0 Å². The van der Waals surface area contributed by atoms with E-state index in [-0.39, 0.29) is 0 Å². The summed E-state index contributed by atoms with van der Waals surface area (Å²) in [6.07, 6.45) is -4.31. The summed E-state index contributed by atoms with van der Waals surface area (Å²) in [6.45, 7) is 2.11. The molecule has 0 bridgehead atoms. The maximum Gasteiger partial charge on any atom is 0.416 e. The highest BCUT2D eigenvalue weighted by Gasteiger charge is 2.31. The van der Waals surface area contributed by atoms with E-state index < -0.39 is 11.7 Å². The van der Waals surface area contributed by atoms with Crippen molar-refractivity contribution in [2.45, 2.75) is 19.6 Å². The van der Waals surface area contributed by atoms with Gasteiger partial charge in [0.15, 0.2) is 0 Å². The average molecular weight is 242 g/mol. The molecule has 0 aliphatic rings. The molecular formula is C12H13F3N2. The molecule has 5 heteroatoms. The van der Waals surface area contributed by atoms with Crippen LogP contribution in [0, 0.1) is 6.92 Å². The first-order valence-corrected chi connectivity index (χ1v) is 5.21. The van der Waals surface area contributed by atoms with Gasteiger partial charge in [-0.1, -0.05) is 0 Å². The summed E-state index contributed by atoms with van der Waals surface area (Å²) < 4.78 is 39.7. The van der Waals surface area contributed by atoms with Gasteiger partial charge in [-0.3, -0.25) is 0 Å². The van der Waals surface area contributed by atoms with Gasteiger partial charge in [0.05, 0.1) is 5.56 Å². The molecule has 0 unspecified atom stereocenters. The van der Waals surface area contributed by atoms with E-state index in [9.17, 15) is 13.2 Å². The van der Waals surface area contributed by atoms with Crippen molar-refractivity contribution in [1.82, 2.24) is 4.57 Å². The Morgan fingerprint density at radius 1 is 1.29 bits per heavy atom. The van der Waals surface area contributed by atoms with Gasteiger partial charge in [-0.25, -0.2) is 0 Å². The fourth-order valence-corrected chi connectivity index (χ4v) is 2.15. The van der Waals surface area contributed by atoms with E-state index in [1.54, 1.807) is 6.92 Å². The lowest BCUT2D eigenvalue weighted by Crippen LogP contribution is -2.04. The standard InChI is InChI=1S/C12H13F3N2/c1-7-9-5-8(12(13,14)15)3-4-10(9)17(2)11(7)6-16/h3-5H,6,16H2,1-2H3. The Kier molecular flexibility index (Phi) is 2.66. The Labute approximate surface area is 96.8 Å². The average Bonchev–Trinajstić information content (AvgIpc) is 2.50. The molecule has 0 fully saturated rings. The lowest BCUT2D eigenvalue weighted by atomic mass is 10.1. The highest BCUT2D eigenvalue weighted by Crippen LogP contribution is 2.33. The highest BCUT2D eigenvalue weighted by molar-refractivity contribution is 5.86. The van der Waals surface area contributed by atoms with E-state index >= 15 is 0 Å². The zero-order valence-electron chi connectivity index (χ0n) is 9.60. The number of fused-ring (bicyclic) bond motifs is 1. The number of hydrogen-bond acceptors (Lipinski definition) is 1. The van der Waals surface area contributed by atoms with Crippen molar-refractivity contribution in [2.75, 3.05) is 0 Å². The zero-order chi connectivity index (χ0) is 12.8. The van der Waals surface area contributed by atoms with Crippen LogP contribution in [0.25, 0.3) is 10.9 Å². The summed E-state index contributed by atoms with van der Waals surface area (Å²) in [4.78, 5) is 0. The molecule has 2 N–H and O–H groups in total. The predicted octanol–water partition coefficient (Wildman–Crippen LogP) is 2.96. The smallest absolute Gasteiger partial charge is 0.346 e. The largest absolute Gasteiger partial charge is 0.416 e. The van der Waals surface area contributed by atoms with Crippen LogP contribution < -0.4 is 5.73 Å². The molecule has 17 heavy (non-hydrogen) atoms. The van der Waals surface area contributed by atoms with Crippen LogP contribution in [0.1, 0.15) is 16.8 Å². The molecule has 0 atom stereocenters. The SMILES string of the molecule is Cc1c(CN)n(C)c2ccc(C(F)(F)F)cc12. The van der Waals surface area contributed by atoms with Gasteiger partial charge < -0.3 is 10.3 Å². The van der Waals surface area contributed by atoms with E-state index in [1.165, 1.54) is 12.1 Å². The maximum atomic E-state index is 12.6. The minimum atomic E-state index is -4.31. The Balaban J connectivity index is 2.75. The molecule has 1 aromatic heterocycles. The van der Waals surface area contributed by atoms with Crippen LogP contribution >= 0.6 is 0 Å². The second kappa shape index (κ2) is 3.77. The Morgan fingerprint density at radius 2 is 1.94 bits per heavy atom. The third-order valence-electron chi connectivity index (χ3n) is 3.12. The molecule has 2 aromatic rings. The number of aromatic nitrogens is 1. The number of benzene rings is 1. The lowest BCUT2D eigenvalue weighted by molar-refractivity contribution is -0.137. The molecule has 0 saturated carbocycles. The number of nitrogens with two attached hydrogens (primary N) is 1. The zero-order valence-corrected chi connectivity index (χ0v) is 9.60. The molecule has 1 aromatic carbocycles. The molecule has 0 radical (unpaired) electrons. The Bertz CT molecular complexity index is 567. The van der Waals surface area contributed by atoms with Crippen LogP contribution in [0.2, 0.25) is 0 Å². The summed E-state index contributed by atoms with van der Waals surface area (Å²) >= 11 is 0. The van der Waals surface area contributed by atoms with Crippen LogP contribution in [0.3, 0.4) is 0 Å². The van der Waals surface area contributed by atoms with E-state index in [0.29, 0.717) is 11.9 Å². The first-order chi connectivity index (χ1) is 7.86. The van der Waals surface area contributed by atoms with Crippen molar-refractivity contribution >= 4 is 10.9 Å². The van der Waals surface area contributed by atoms with Gasteiger partial charge in [0.25, 0.3) is 0 Å². The quantitative estimate of drug-likeness (QED) is 0.818. The summed E-state index contributed by atoms with van der Waals surface area (Å²) in [6, 6.07) is 3.77. The molecule has 92 valence electrons. The normalized spacial score (nSPS) is 12.4. The predicted molar refractivity (Wildman–Crippen MR) is 60.5 cm³/mol. The highest BCUT2D eigenvalue weighted by atomic mass is 19.4. The molecule has 2 nitrogen and oxygen atoms in total. The molecular weight excluding hydrogens is 229 g/mol. The fourth-order valence-electron chi connectivity index (χ4n) is 2.15. The van der Waals surface area contributed by atoms with Crippen molar-refractivity contribution < 1.29 is 13.2 Å². The molecule has 0 saturated heterocycles. The molecule has 0 aliphatic heterocycles. The molecule has 0 amide bonds. The second-order valence-electron chi connectivity index (χ2n) is 4.06. The molecule has 0 aliphatic carbocycles. The van der Waals surface area contributed by atoms with Crippen LogP contribution in [-0.4, -0.2) is 4.57 Å². The summed E-state index contributed by atoms with van der Waals surface area (Å²) in [5.74, 6) is 0. The van der Waals surface area contributed by atoms with Crippen molar-refractivity contribution in [3.05, 3.63) is 35.0 Å². The monoisotopic (exact) mass is 242 g/mol. The number of rotatable bonds is 1. The number of halogens is 3. The summed E-state index contributed by atoms with van der Waals surface area (Å²) in [5, 5.41) is 0.614. The Morgan fingerprint density at radius 3 is 2.47 bits per heavy atom. The second-order valence-corrected chi connectivity index (χ2v) is 4.06. The van der Waals surface area contributed by atoms with Crippen LogP contribution in [0.4, 0.5) is 13.2 Å². The van der Waals surface area contributed by atoms with Gasteiger partial charge in [0.1, 0.15) is 0 Å². The fraction of sp³-hybridized carbons (Fsp3) is 0.333. The minimum absolute atomic E-state index is 0.318. The van der Waals surface area contributed by atoms with Gasteiger partial charge in [0, 0.05) is 30.2 Å². The van der Waals surface area contributed by atoms with Crippen LogP contribution in [-0.2, 0) is 19.8 Å². The van der Waals surface area contributed by atoms with E-state index in [1.807, 2.05) is 11.6 Å². The summed E-state index contributed by atoms with van der Waals surface area (Å²) in [7, 11) is 1.81. The summed E-state index contributed by atoms with van der Waals surface area (Å²) in [5.41, 5.74) is 7.42. The van der Waals surface area contributed by atoms with Crippen molar-refractivity contribution in [3.63, 3.8) is 0 Å². The van der Waals surface area contributed by atoms with Crippen molar-refractivity contribution in [1.29, 1.82) is 0 Å². The van der Waals surface area contributed by atoms with E-state index in [2.05, 4.69) is 0 Å². The van der Waals surface area contributed by atoms with E-state index in [0.717, 1.165) is 22.8 Å². The van der Waals surface area contributed by atoms with Crippen LogP contribution in [0.5, 0.6) is 0 Å². The maximum absolute atomic E-state index is 12.6. The van der Waals surface area contributed by atoms with Gasteiger partial charge >= 0.3 is 6.18 Å². The van der Waals surface area contributed by atoms with Gasteiger partial charge in [-0.2, -0.15) is 13.2 Å². The van der Waals surface area contributed by atoms with Crippen LogP contribution in [0.15, 0.2) is 18.2 Å². The number of nitrogens with zero attached hydrogens (tertiary/aromatic N) is 1. The number of hydrogen-bond donors (Lipinski definition) is 1. The first-order valence-electron chi connectivity index (χ1n) is 5.21.